The van der Waals surface area contributed by atoms with E-state index in [9.17, 15) is 9.59 Å². The number of nitrogens with zero attached hydrogens (tertiary/aromatic N) is 1. The molecule has 0 unspecified atom stereocenters. The van der Waals surface area contributed by atoms with Gasteiger partial charge in [0.2, 0.25) is 0 Å². The topological polar surface area (TPSA) is 81.0 Å². The number of benzene rings is 2. The first-order chi connectivity index (χ1) is 15.9. The lowest BCUT2D eigenvalue weighted by Gasteiger charge is -2.27. The number of anilines is 1. The monoisotopic (exact) mass is 448 g/mol. The number of carbonyl (C=O) groups excluding carboxylic acids is 2. The lowest BCUT2D eigenvalue weighted by atomic mass is 10.0. The summed E-state index contributed by atoms with van der Waals surface area (Å²) in [5.41, 5.74) is 4.07. The molecule has 7 nitrogen and oxygen atoms in total. The van der Waals surface area contributed by atoms with Gasteiger partial charge in [0.05, 0.1) is 13.2 Å². The van der Waals surface area contributed by atoms with Crippen LogP contribution in [0, 0.1) is 20.8 Å². The summed E-state index contributed by atoms with van der Waals surface area (Å²) in [5.74, 6) is 1.06. The minimum absolute atomic E-state index is 0.0595. The van der Waals surface area contributed by atoms with Gasteiger partial charge in [-0.05, 0) is 62.2 Å². The zero-order valence-electron chi connectivity index (χ0n) is 19.1. The summed E-state index contributed by atoms with van der Waals surface area (Å²) in [6.45, 7) is 8.27. The van der Waals surface area contributed by atoms with Crippen LogP contribution in [0.4, 0.5) is 5.69 Å². The molecule has 172 valence electrons. The Morgan fingerprint density at radius 1 is 1.03 bits per heavy atom. The van der Waals surface area contributed by atoms with Crippen LogP contribution >= 0.6 is 0 Å². The van der Waals surface area contributed by atoms with Gasteiger partial charge in [-0.15, -0.1) is 0 Å². The number of ether oxygens (including phenoxy) is 2. The van der Waals surface area contributed by atoms with Crippen LogP contribution in [0.2, 0.25) is 0 Å². The second-order valence-electron chi connectivity index (χ2n) is 8.16. The van der Waals surface area contributed by atoms with Gasteiger partial charge in [0.1, 0.15) is 18.1 Å². The summed E-state index contributed by atoms with van der Waals surface area (Å²) in [6.07, 6.45) is 0. The third kappa shape index (κ3) is 5.26. The molecule has 33 heavy (non-hydrogen) atoms. The summed E-state index contributed by atoms with van der Waals surface area (Å²) >= 11 is 0. The molecule has 0 bridgehead atoms. The molecule has 1 fully saturated rings. The number of rotatable bonds is 6. The van der Waals surface area contributed by atoms with Crippen molar-refractivity contribution in [3.8, 4) is 5.75 Å². The van der Waals surface area contributed by atoms with Crippen LogP contribution in [0.15, 0.2) is 52.9 Å². The van der Waals surface area contributed by atoms with Gasteiger partial charge >= 0.3 is 0 Å². The average Bonchev–Trinajstić information content (AvgIpc) is 3.29. The standard InChI is InChI=1S/C26H28N2O5/c1-17-7-9-23(18(2)15-17)32-16-20-8-10-24(33-20)25(29)27-22-6-4-5-21(19(22)3)26(30)28-11-13-31-14-12-28/h4-10,15H,11-14,16H2,1-3H3,(H,27,29). The molecule has 2 amide bonds. The highest BCUT2D eigenvalue weighted by atomic mass is 16.5. The van der Waals surface area contributed by atoms with Gasteiger partial charge in [-0.3, -0.25) is 9.59 Å². The minimum atomic E-state index is -0.383. The number of amides is 2. The van der Waals surface area contributed by atoms with E-state index in [1.54, 1.807) is 35.2 Å². The molecule has 1 saturated heterocycles. The fourth-order valence-electron chi connectivity index (χ4n) is 3.81. The Labute approximate surface area is 193 Å². The van der Waals surface area contributed by atoms with E-state index in [4.69, 9.17) is 13.9 Å². The van der Waals surface area contributed by atoms with E-state index in [1.807, 2.05) is 32.9 Å². The van der Waals surface area contributed by atoms with E-state index in [-0.39, 0.29) is 24.2 Å². The lowest BCUT2D eigenvalue weighted by molar-refractivity contribution is 0.0302. The van der Waals surface area contributed by atoms with E-state index in [1.165, 1.54) is 5.56 Å². The van der Waals surface area contributed by atoms with Crippen LogP contribution in [-0.2, 0) is 11.3 Å². The molecule has 1 N–H and O–H groups in total. The Bertz CT molecular complexity index is 1160. The second kappa shape index (κ2) is 9.92. The molecule has 7 heteroatoms. The van der Waals surface area contributed by atoms with Crippen molar-refractivity contribution in [1.82, 2.24) is 4.90 Å². The number of furan rings is 1. The lowest BCUT2D eigenvalue weighted by Crippen LogP contribution is -2.41. The van der Waals surface area contributed by atoms with Crippen molar-refractivity contribution in [1.29, 1.82) is 0 Å². The van der Waals surface area contributed by atoms with Crippen molar-refractivity contribution in [3.05, 3.63) is 82.3 Å². The Morgan fingerprint density at radius 3 is 2.58 bits per heavy atom. The summed E-state index contributed by atoms with van der Waals surface area (Å²) in [4.78, 5) is 27.4. The zero-order valence-corrected chi connectivity index (χ0v) is 19.1. The molecule has 0 atom stereocenters. The molecule has 1 aliphatic heterocycles. The van der Waals surface area contributed by atoms with E-state index in [2.05, 4.69) is 11.4 Å². The molecule has 1 aromatic heterocycles. The largest absolute Gasteiger partial charge is 0.485 e. The van der Waals surface area contributed by atoms with Gasteiger partial charge in [0.15, 0.2) is 5.76 Å². The predicted octanol–water partition coefficient (Wildman–Crippen LogP) is 4.51. The number of morpholine rings is 1. The van der Waals surface area contributed by atoms with Crippen LogP contribution in [0.25, 0.3) is 0 Å². The molecular formula is C26H28N2O5. The molecule has 1 aliphatic rings. The van der Waals surface area contributed by atoms with Crippen molar-refractivity contribution in [2.45, 2.75) is 27.4 Å². The van der Waals surface area contributed by atoms with Crippen LogP contribution in [0.3, 0.4) is 0 Å². The Balaban J connectivity index is 1.41. The molecule has 0 aliphatic carbocycles. The Morgan fingerprint density at radius 2 is 1.82 bits per heavy atom. The molecule has 0 spiro atoms. The minimum Gasteiger partial charge on any atom is -0.485 e. The number of hydrogen-bond donors (Lipinski definition) is 1. The first-order valence-electron chi connectivity index (χ1n) is 11.0. The molecule has 2 heterocycles. The van der Waals surface area contributed by atoms with E-state index < -0.39 is 0 Å². The number of carbonyl (C=O) groups is 2. The smallest absolute Gasteiger partial charge is 0.291 e. The zero-order chi connectivity index (χ0) is 23.4. The summed E-state index contributed by atoms with van der Waals surface area (Å²) < 4.78 is 16.8. The number of aryl methyl sites for hydroxylation is 2. The van der Waals surface area contributed by atoms with Crippen molar-refractivity contribution in [2.24, 2.45) is 0 Å². The maximum atomic E-state index is 12.9. The van der Waals surface area contributed by atoms with Gasteiger partial charge in [0.25, 0.3) is 11.8 Å². The fraction of sp³-hybridized carbons (Fsp3) is 0.308. The van der Waals surface area contributed by atoms with Crippen LogP contribution in [-0.4, -0.2) is 43.0 Å². The average molecular weight is 449 g/mol. The Kier molecular flexibility index (Phi) is 6.79. The number of nitrogens with one attached hydrogen (secondary N) is 1. The van der Waals surface area contributed by atoms with Gasteiger partial charge in [-0.25, -0.2) is 0 Å². The van der Waals surface area contributed by atoms with Crippen LogP contribution < -0.4 is 10.1 Å². The molecule has 3 aromatic rings. The maximum absolute atomic E-state index is 12.9. The first kappa shape index (κ1) is 22.6. The summed E-state index contributed by atoms with van der Waals surface area (Å²) in [7, 11) is 0. The van der Waals surface area contributed by atoms with Crippen molar-refractivity contribution >= 4 is 17.5 Å². The number of hydrogen-bond acceptors (Lipinski definition) is 5. The SMILES string of the molecule is Cc1ccc(OCc2ccc(C(=O)Nc3cccc(C(=O)N4CCOCC4)c3C)o2)c(C)c1. The third-order valence-corrected chi connectivity index (χ3v) is 5.70. The third-order valence-electron chi connectivity index (χ3n) is 5.70. The van der Waals surface area contributed by atoms with Crippen molar-refractivity contribution in [3.63, 3.8) is 0 Å². The molecule has 4 rings (SSSR count). The quantitative estimate of drug-likeness (QED) is 0.600. The van der Waals surface area contributed by atoms with Crippen LogP contribution in [0.1, 0.15) is 43.4 Å². The molecule has 0 saturated carbocycles. The summed E-state index contributed by atoms with van der Waals surface area (Å²) in [6, 6.07) is 14.6. The molecule has 0 radical (unpaired) electrons. The van der Waals surface area contributed by atoms with Gasteiger partial charge in [0, 0.05) is 24.3 Å². The highest BCUT2D eigenvalue weighted by molar-refractivity contribution is 6.04. The summed E-state index contributed by atoms with van der Waals surface area (Å²) in [5, 5.41) is 2.86. The Hall–Kier alpha value is -3.58. The van der Waals surface area contributed by atoms with Gasteiger partial charge in [-0.2, -0.15) is 0 Å². The second-order valence-corrected chi connectivity index (χ2v) is 8.16. The van der Waals surface area contributed by atoms with E-state index in [0.29, 0.717) is 48.9 Å². The van der Waals surface area contributed by atoms with Gasteiger partial charge < -0.3 is 24.1 Å². The van der Waals surface area contributed by atoms with Crippen molar-refractivity contribution in [2.75, 3.05) is 31.6 Å². The van der Waals surface area contributed by atoms with Crippen LogP contribution in [0.5, 0.6) is 5.75 Å². The van der Waals surface area contributed by atoms with Crippen molar-refractivity contribution < 1.29 is 23.5 Å². The fourth-order valence-corrected chi connectivity index (χ4v) is 3.81. The first-order valence-corrected chi connectivity index (χ1v) is 11.0. The highest BCUT2D eigenvalue weighted by Crippen LogP contribution is 2.23. The predicted molar refractivity (Wildman–Crippen MR) is 125 cm³/mol. The van der Waals surface area contributed by atoms with E-state index >= 15 is 0 Å². The highest BCUT2D eigenvalue weighted by Gasteiger charge is 2.22. The maximum Gasteiger partial charge on any atom is 0.291 e. The van der Waals surface area contributed by atoms with E-state index in [0.717, 1.165) is 11.3 Å². The molecular weight excluding hydrogens is 420 g/mol. The van der Waals surface area contributed by atoms with Gasteiger partial charge in [-0.1, -0.05) is 23.8 Å². The molecule has 2 aromatic carbocycles. The normalized spacial score (nSPS) is 13.6.